The van der Waals surface area contributed by atoms with Gasteiger partial charge in [0, 0.05) is 5.41 Å². The molecule has 1 N–H and O–H groups in total. The number of aliphatic hydroxyl groups is 1. The Morgan fingerprint density at radius 1 is 1.06 bits per heavy atom. The standard InChI is InChI=1S/C16H26O/c1-4-14(5-2)12-16(6-3,13-17)15-10-8-7-9-11-15/h7-11,14,17H,4-6,12-13H2,1-3H3. The topological polar surface area (TPSA) is 20.2 Å². The molecule has 0 aliphatic rings. The molecule has 1 aromatic carbocycles. The monoisotopic (exact) mass is 234 g/mol. The van der Waals surface area contributed by atoms with Gasteiger partial charge in [0.15, 0.2) is 0 Å². The first-order chi connectivity index (χ1) is 8.22. The summed E-state index contributed by atoms with van der Waals surface area (Å²) in [6.45, 7) is 6.93. The third-order valence-corrected chi connectivity index (χ3v) is 4.20. The van der Waals surface area contributed by atoms with Gasteiger partial charge >= 0.3 is 0 Å². The Hall–Kier alpha value is -0.820. The van der Waals surface area contributed by atoms with E-state index >= 15 is 0 Å². The molecule has 17 heavy (non-hydrogen) atoms. The van der Waals surface area contributed by atoms with Crippen LogP contribution in [0.25, 0.3) is 0 Å². The summed E-state index contributed by atoms with van der Waals surface area (Å²) in [5.41, 5.74) is 1.25. The molecule has 0 bridgehead atoms. The van der Waals surface area contributed by atoms with E-state index in [2.05, 4.69) is 45.0 Å². The van der Waals surface area contributed by atoms with Crippen LogP contribution in [0.4, 0.5) is 0 Å². The summed E-state index contributed by atoms with van der Waals surface area (Å²) in [6, 6.07) is 10.5. The zero-order valence-corrected chi connectivity index (χ0v) is 11.4. The van der Waals surface area contributed by atoms with E-state index in [1.807, 2.05) is 6.07 Å². The molecular weight excluding hydrogens is 208 g/mol. The fourth-order valence-electron chi connectivity index (χ4n) is 2.66. The van der Waals surface area contributed by atoms with Crippen molar-refractivity contribution in [3.05, 3.63) is 35.9 Å². The maximum absolute atomic E-state index is 9.87. The highest BCUT2D eigenvalue weighted by atomic mass is 16.3. The van der Waals surface area contributed by atoms with Gasteiger partial charge in [-0.05, 0) is 24.3 Å². The highest BCUT2D eigenvalue weighted by Crippen LogP contribution is 2.36. The second-order valence-corrected chi connectivity index (χ2v) is 5.04. The lowest BCUT2D eigenvalue weighted by Gasteiger charge is -2.34. The summed E-state index contributed by atoms with van der Waals surface area (Å²) in [4.78, 5) is 0. The molecule has 1 rings (SSSR count). The number of benzene rings is 1. The van der Waals surface area contributed by atoms with Gasteiger partial charge in [0.1, 0.15) is 0 Å². The van der Waals surface area contributed by atoms with Gasteiger partial charge in [0.05, 0.1) is 6.61 Å². The first-order valence-electron chi connectivity index (χ1n) is 6.88. The average molecular weight is 234 g/mol. The van der Waals surface area contributed by atoms with Crippen LogP contribution >= 0.6 is 0 Å². The van der Waals surface area contributed by atoms with Gasteiger partial charge in [0.2, 0.25) is 0 Å². The number of hydrogen-bond acceptors (Lipinski definition) is 1. The van der Waals surface area contributed by atoms with E-state index in [4.69, 9.17) is 0 Å². The van der Waals surface area contributed by atoms with Crippen LogP contribution in [-0.2, 0) is 5.41 Å². The van der Waals surface area contributed by atoms with Crippen molar-refractivity contribution in [3.63, 3.8) is 0 Å². The third-order valence-electron chi connectivity index (χ3n) is 4.20. The summed E-state index contributed by atoms with van der Waals surface area (Å²) in [5, 5.41) is 9.87. The fourth-order valence-corrected chi connectivity index (χ4v) is 2.66. The molecule has 96 valence electrons. The van der Waals surface area contributed by atoms with Gasteiger partial charge in [-0.15, -0.1) is 0 Å². The summed E-state index contributed by atoms with van der Waals surface area (Å²) in [5.74, 6) is 0.710. The van der Waals surface area contributed by atoms with Crippen molar-refractivity contribution in [2.45, 2.75) is 51.9 Å². The van der Waals surface area contributed by atoms with Gasteiger partial charge in [-0.3, -0.25) is 0 Å². The van der Waals surface area contributed by atoms with Crippen LogP contribution in [0.2, 0.25) is 0 Å². The van der Waals surface area contributed by atoms with Crippen molar-refractivity contribution in [1.29, 1.82) is 0 Å². The molecule has 0 aromatic heterocycles. The molecule has 1 nitrogen and oxygen atoms in total. The molecule has 1 atom stereocenters. The Balaban J connectivity index is 2.96. The van der Waals surface area contributed by atoms with Crippen LogP contribution in [0, 0.1) is 5.92 Å². The zero-order valence-electron chi connectivity index (χ0n) is 11.4. The van der Waals surface area contributed by atoms with Gasteiger partial charge in [-0.25, -0.2) is 0 Å². The van der Waals surface area contributed by atoms with Crippen molar-refractivity contribution in [2.75, 3.05) is 6.61 Å². The van der Waals surface area contributed by atoms with Crippen molar-refractivity contribution < 1.29 is 5.11 Å². The SMILES string of the molecule is CCC(CC)CC(CC)(CO)c1ccccc1. The van der Waals surface area contributed by atoms with Gasteiger partial charge in [-0.1, -0.05) is 63.9 Å². The summed E-state index contributed by atoms with van der Waals surface area (Å²) in [6.07, 6.45) is 4.50. The first kappa shape index (κ1) is 14.2. The molecule has 0 saturated heterocycles. The minimum atomic E-state index is -0.0437. The normalized spacial score (nSPS) is 14.9. The lowest BCUT2D eigenvalue weighted by Crippen LogP contribution is -2.32. The van der Waals surface area contributed by atoms with Crippen molar-refractivity contribution in [3.8, 4) is 0 Å². The number of rotatable bonds is 7. The quantitative estimate of drug-likeness (QED) is 0.751. The lowest BCUT2D eigenvalue weighted by molar-refractivity contribution is 0.156. The molecule has 1 heteroatoms. The maximum atomic E-state index is 9.87. The van der Waals surface area contributed by atoms with E-state index < -0.39 is 0 Å². The predicted molar refractivity (Wildman–Crippen MR) is 74.2 cm³/mol. The minimum absolute atomic E-state index is 0.0437. The van der Waals surface area contributed by atoms with Crippen molar-refractivity contribution >= 4 is 0 Å². The molecule has 0 aliphatic heterocycles. The third kappa shape index (κ3) is 3.32. The number of hydrogen-bond donors (Lipinski definition) is 1. The molecule has 0 spiro atoms. The van der Waals surface area contributed by atoms with Crippen LogP contribution in [-0.4, -0.2) is 11.7 Å². The summed E-state index contributed by atoms with van der Waals surface area (Å²) < 4.78 is 0. The van der Waals surface area contributed by atoms with Gasteiger partial charge < -0.3 is 5.11 Å². The molecule has 0 heterocycles. The van der Waals surface area contributed by atoms with E-state index in [1.54, 1.807) is 0 Å². The Bertz CT molecular complexity index is 297. The van der Waals surface area contributed by atoms with Gasteiger partial charge in [-0.2, -0.15) is 0 Å². The largest absolute Gasteiger partial charge is 0.395 e. The van der Waals surface area contributed by atoms with Crippen LogP contribution in [0.3, 0.4) is 0 Å². The minimum Gasteiger partial charge on any atom is -0.395 e. The van der Waals surface area contributed by atoms with E-state index in [0.717, 1.165) is 12.8 Å². The van der Waals surface area contributed by atoms with Crippen molar-refractivity contribution in [2.24, 2.45) is 5.92 Å². The molecule has 1 aromatic rings. The van der Waals surface area contributed by atoms with Crippen LogP contribution in [0.5, 0.6) is 0 Å². The van der Waals surface area contributed by atoms with E-state index in [9.17, 15) is 5.11 Å². The fraction of sp³-hybridized carbons (Fsp3) is 0.625. The molecule has 0 radical (unpaired) electrons. The number of aliphatic hydroxyl groups excluding tert-OH is 1. The molecule has 0 aliphatic carbocycles. The zero-order chi connectivity index (χ0) is 12.7. The van der Waals surface area contributed by atoms with E-state index in [1.165, 1.54) is 18.4 Å². The highest BCUT2D eigenvalue weighted by Gasteiger charge is 2.31. The second kappa shape index (κ2) is 6.80. The van der Waals surface area contributed by atoms with E-state index in [-0.39, 0.29) is 12.0 Å². The molecule has 0 amide bonds. The van der Waals surface area contributed by atoms with Crippen LogP contribution in [0.15, 0.2) is 30.3 Å². The Labute approximate surface area is 106 Å². The molecular formula is C16H26O. The van der Waals surface area contributed by atoms with Crippen LogP contribution < -0.4 is 0 Å². The predicted octanol–water partition coefficient (Wildman–Crippen LogP) is 4.15. The van der Waals surface area contributed by atoms with Gasteiger partial charge in [0.25, 0.3) is 0 Å². The Morgan fingerprint density at radius 3 is 2.06 bits per heavy atom. The van der Waals surface area contributed by atoms with Crippen LogP contribution in [0.1, 0.15) is 52.0 Å². The highest BCUT2D eigenvalue weighted by molar-refractivity contribution is 5.25. The second-order valence-electron chi connectivity index (χ2n) is 5.04. The van der Waals surface area contributed by atoms with Crippen molar-refractivity contribution in [1.82, 2.24) is 0 Å². The Morgan fingerprint density at radius 2 is 1.65 bits per heavy atom. The van der Waals surface area contributed by atoms with E-state index in [0.29, 0.717) is 5.92 Å². The first-order valence-corrected chi connectivity index (χ1v) is 6.88. The maximum Gasteiger partial charge on any atom is 0.0527 e. The molecule has 1 unspecified atom stereocenters. The average Bonchev–Trinajstić information content (AvgIpc) is 2.42. The summed E-state index contributed by atoms with van der Waals surface area (Å²) >= 11 is 0. The lowest BCUT2D eigenvalue weighted by atomic mass is 9.71. The summed E-state index contributed by atoms with van der Waals surface area (Å²) in [7, 11) is 0. The molecule has 0 fully saturated rings. The Kier molecular flexibility index (Phi) is 5.70. The molecule has 0 saturated carbocycles. The smallest absolute Gasteiger partial charge is 0.0527 e.